The van der Waals surface area contributed by atoms with E-state index in [0.717, 1.165) is 24.3 Å². The number of ether oxygens (including phenoxy) is 1. The summed E-state index contributed by atoms with van der Waals surface area (Å²) in [4.78, 5) is 24.5. The third-order valence-electron chi connectivity index (χ3n) is 3.62. The van der Waals surface area contributed by atoms with E-state index in [1.165, 1.54) is 19.1 Å². The van der Waals surface area contributed by atoms with Gasteiger partial charge in [-0.3, -0.25) is 0 Å². The minimum atomic E-state index is -5.26. The van der Waals surface area contributed by atoms with Crippen LogP contribution in [-0.2, 0) is 15.1 Å². The zero-order valence-corrected chi connectivity index (χ0v) is 14.1. The number of anilines is 1. The number of benzene rings is 2. The molecule has 0 radical (unpaired) electrons. The van der Waals surface area contributed by atoms with E-state index in [1.54, 1.807) is 23.5 Å². The van der Waals surface area contributed by atoms with E-state index < -0.39 is 35.1 Å². The number of alkyl halides is 3. The van der Waals surface area contributed by atoms with Crippen LogP contribution >= 0.6 is 0 Å². The largest absolute Gasteiger partial charge is 0.464 e. The van der Waals surface area contributed by atoms with Crippen LogP contribution < -0.4 is 10.6 Å². The van der Waals surface area contributed by atoms with Crippen molar-refractivity contribution in [2.45, 2.75) is 18.6 Å². The van der Waals surface area contributed by atoms with Crippen LogP contribution in [0.1, 0.15) is 12.5 Å². The van der Waals surface area contributed by atoms with Gasteiger partial charge in [-0.1, -0.05) is 30.3 Å². The number of urea groups is 1. The number of carbonyl (C=O) groups is 2. The molecule has 1 atom stereocenters. The van der Waals surface area contributed by atoms with Crippen molar-refractivity contribution >= 4 is 17.7 Å². The van der Waals surface area contributed by atoms with Crippen LogP contribution in [0.25, 0.3) is 0 Å². The third-order valence-corrected chi connectivity index (χ3v) is 3.62. The van der Waals surface area contributed by atoms with Gasteiger partial charge in [-0.25, -0.2) is 14.0 Å². The van der Waals surface area contributed by atoms with Gasteiger partial charge >= 0.3 is 18.2 Å². The van der Waals surface area contributed by atoms with E-state index in [9.17, 15) is 27.2 Å². The topological polar surface area (TPSA) is 67.4 Å². The van der Waals surface area contributed by atoms with E-state index in [1.807, 2.05) is 0 Å². The second-order valence-electron chi connectivity index (χ2n) is 5.42. The van der Waals surface area contributed by atoms with Crippen molar-refractivity contribution in [3.8, 4) is 0 Å². The minimum Gasteiger partial charge on any atom is -0.464 e. The highest BCUT2D eigenvalue weighted by molar-refractivity contribution is 5.95. The maximum absolute atomic E-state index is 14.0. The number of para-hydroxylation sites is 1. The molecule has 5 nitrogen and oxygen atoms in total. The van der Waals surface area contributed by atoms with Gasteiger partial charge in [-0.15, -0.1) is 0 Å². The van der Waals surface area contributed by atoms with Gasteiger partial charge in [0.1, 0.15) is 5.82 Å². The lowest BCUT2D eigenvalue weighted by atomic mass is 9.89. The van der Waals surface area contributed by atoms with Gasteiger partial charge in [0.2, 0.25) is 0 Å². The fourth-order valence-corrected chi connectivity index (χ4v) is 2.38. The standard InChI is InChI=1S/C18H16F4N2O3/c1-2-27-15(25)17(18(20,21)22,12-8-10-13(19)11-9-12)24-16(26)23-14-6-4-3-5-7-14/h3-11H,2H2,1H3,(H2,23,24,26)/t17-/m1/s1. The molecule has 0 aromatic heterocycles. The predicted octanol–water partition coefficient (Wildman–Crippen LogP) is 3.97. The van der Waals surface area contributed by atoms with Gasteiger partial charge in [0, 0.05) is 5.69 Å². The molecular weight excluding hydrogens is 368 g/mol. The Morgan fingerprint density at radius 3 is 2.11 bits per heavy atom. The van der Waals surface area contributed by atoms with Crippen LogP contribution in [0.3, 0.4) is 0 Å². The van der Waals surface area contributed by atoms with Crippen LogP contribution in [0.15, 0.2) is 54.6 Å². The van der Waals surface area contributed by atoms with Crippen LogP contribution in [-0.4, -0.2) is 24.8 Å². The molecule has 0 bridgehead atoms. The molecule has 27 heavy (non-hydrogen) atoms. The molecular formula is C18H16F4N2O3. The van der Waals surface area contributed by atoms with Crippen molar-refractivity contribution in [3.63, 3.8) is 0 Å². The molecule has 2 rings (SSSR count). The predicted molar refractivity (Wildman–Crippen MR) is 89.4 cm³/mol. The maximum Gasteiger partial charge on any atom is 0.426 e. The number of halogens is 4. The molecule has 144 valence electrons. The van der Waals surface area contributed by atoms with E-state index in [-0.39, 0.29) is 12.3 Å². The quantitative estimate of drug-likeness (QED) is 0.606. The van der Waals surface area contributed by atoms with Gasteiger partial charge in [-0.05, 0) is 36.8 Å². The Labute approximate surface area is 152 Å². The molecule has 0 saturated heterocycles. The molecule has 0 fully saturated rings. The maximum atomic E-state index is 14.0. The molecule has 0 unspecified atom stereocenters. The molecule has 0 saturated carbocycles. The summed E-state index contributed by atoms with van der Waals surface area (Å²) in [5.41, 5.74) is -3.97. The Morgan fingerprint density at radius 1 is 1.00 bits per heavy atom. The highest BCUT2D eigenvalue weighted by atomic mass is 19.4. The van der Waals surface area contributed by atoms with E-state index in [4.69, 9.17) is 0 Å². The fraction of sp³-hybridized carbons (Fsp3) is 0.222. The summed E-state index contributed by atoms with van der Waals surface area (Å²) in [7, 11) is 0. The van der Waals surface area contributed by atoms with E-state index in [2.05, 4.69) is 10.1 Å². The monoisotopic (exact) mass is 384 g/mol. The number of rotatable bonds is 5. The summed E-state index contributed by atoms with van der Waals surface area (Å²) in [6.45, 7) is 0.980. The summed E-state index contributed by atoms with van der Waals surface area (Å²) < 4.78 is 59.7. The second kappa shape index (κ2) is 8.07. The number of amides is 2. The van der Waals surface area contributed by atoms with Crippen LogP contribution in [0.4, 0.5) is 28.0 Å². The zero-order valence-electron chi connectivity index (χ0n) is 14.1. The van der Waals surface area contributed by atoms with Gasteiger partial charge in [-0.2, -0.15) is 13.2 Å². The van der Waals surface area contributed by atoms with Crippen LogP contribution in [0.5, 0.6) is 0 Å². The molecule has 2 N–H and O–H groups in total. The van der Waals surface area contributed by atoms with Crippen molar-refractivity contribution in [2.75, 3.05) is 11.9 Å². The Morgan fingerprint density at radius 2 is 1.59 bits per heavy atom. The molecule has 2 aromatic carbocycles. The normalized spacial score (nSPS) is 13.4. The summed E-state index contributed by atoms with van der Waals surface area (Å²) >= 11 is 0. The number of nitrogens with one attached hydrogen (secondary N) is 2. The summed E-state index contributed by atoms with van der Waals surface area (Å²) in [6, 6.07) is 9.46. The third kappa shape index (κ3) is 4.36. The number of carbonyl (C=O) groups excluding carboxylic acids is 2. The summed E-state index contributed by atoms with van der Waals surface area (Å²) in [5, 5.41) is 3.88. The minimum absolute atomic E-state index is 0.217. The van der Waals surface area contributed by atoms with Crippen molar-refractivity contribution < 1.29 is 31.9 Å². The average molecular weight is 384 g/mol. The van der Waals surface area contributed by atoms with Gasteiger partial charge in [0.05, 0.1) is 6.61 Å². The molecule has 0 aliphatic rings. The van der Waals surface area contributed by atoms with Crippen molar-refractivity contribution in [1.29, 1.82) is 0 Å². The first kappa shape index (κ1) is 20.2. The highest BCUT2D eigenvalue weighted by Gasteiger charge is 2.64. The summed E-state index contributed by atoms with van der Waals surface area (Å²) in [6.07, 6.45) is -5.26. The lowest BCUT2D eigenvalue weighted by molar-refractivity contribution is -0.213. The highest BCUT2D eigenvalue weighted by Crippen LogP contribution is 2.40. The van der Waals surface area contributed by atoms with Crippen molar-refractivity contribution in [1.82, 2.24) is 5.32 Å². The number of hydrogen-bond acceptors (Lipinski definition) is 3. The fourth-order valence-electron chi connectivity index (χ4n) is 2.38. The molecule has 0 heterocycles. The first-order chi connectivity index (χ1) is 12.7. The van der Waals surface area contributed by atoms with Gasteiger partial charge in [0.15, 0.2) is 0 Å². The van der Waals surface area contributed by atoms with Crippen molar-refractivity contribution in [2.24, 2.45) is 0 Å². The van der Waals surface area contributed by atoms with E-state index in [0.29, 0.717) is 0 Å². The Balaban J connectivity index is 2.48. The Kier molecular flexibility index (Phi) is 6.04. The molecule has 9 heteroatoms. The smallest absolute Gasteiger partial charge is 0.426 e. The van der Waals surface area contributed by atoms with Gasteiger partial charge < -0.3 is 15.4 Å². The lowest BCUT2D eigenvalue weighted by Gasteiger charge is -2.34. The van der Waals surface area contributed by atoms with Crippen molar-refractivity contribution in [3.05, 3.63) is 66.0 Å². The molecule has 2 aromatic rings. The second-order valence-corrected chi connectivity index (χ2v) is 5.42. The Hall–Kier alpha value is -3.10. The van der Waals surface area contributed by atoms with E-state index >= 15 is 0 Å². The van der Waals surface area contributed by atoms with Crippen LogP contribution in [0.2, 0.25) is 0 Å². The Bertz CT molecular complexity index is 795. The molecule has 2 amide bonds. The first-order valence-electron chi connectivity index (χ1n) is 7.85. The number of hydrogen-bond donors (Lipinski definition) is 2. The average Bonchev–Trinajstić information content (AvgIpc) is 2.60. The molecule has 0 spiro atoms. The van der Waals surface area contributed by atoms with Crippen LogP contribution in [0, 0.1) is 5.82 Å². The lowest BCUT2D eigenvalue weighted by Crippen LogP contribution is -2.62. The molecule has 0 aliphatic carbocycles. The SMILES string of the molecule is CCOC(=O)[C@](NC(=O)Nc1ccccc1)(c1ccc(F)cc1)C(F)(F)F. The zero-order chi connectivity index (χ0) is 20.1. The summed E-state index contributed by atoms with van der Waals surface area (Å²) in [5.74, 6) is -2.53. The molecule has 0 aliphatic heterocycles. The van der Waals surface area contributed by atoms with Gasteiger partial charge in [0.25, 0.3) is 5.54 Å². The first-order valence-corrected chi connectivity index (χ1v) is 7.85. The number of esters is 1.